The number of hydrogen-bond donors (Lipinski definition) is 0. The van der Waals surface area contributed by atoms with Gasteiger partial charge in [-0.2, -0.15) is 0 Å². The van der Waals surface area contributed by atoms with E-state index in [1.807, 2.05) is 0 Å². The summed E-state index contributed by atoms with van der Waals surface area (Å²) in [6, 6.07) is 0. The monoisotopic (exact) mass is 339 g/mol. The summed E-state index contributed by atoms with van der Waals surface area (Å²) < 4.78 is 11.3. The van der Waals surface area contributed by atoms with Crippen LogP contribution >= 0.6 is 0 Å². The van der Waals surface area contributed by atoms with Gasteiger partial charge in [-0.15, -0.1) is 0 Å². The van der Waals surface area contributed by atoms with Gasteiger partial charge < -0.3 is 9.39 Å². The van der Waals surface area contributed by atoms with Crippen LogP contribution in [0.15, 0.2) is 0 Å². The molecule has 24 heavy (non-hydrogen) atoms. The molecular weight excluding hydrogens is 299 g/mol. The molecule has 141 valence electrons. The third-order valence-corrected chi connectivity index (χ3v) is 4.48. The normalized spacial score (nSPS) is 11.7. The summed E-state index contributed by atoms with van der Waals surface area (Å²) in [6.45, 7) is 8.83. The SMILES string of the molecule is CCCCCCCC(C)(CCCCCCC)O[B]COCC(C)=O. The molecule has 0 spiro atoms. The number of carbonyl (C=O) groups excluding carboxylic acids is 1. The molecule has 0 aliphatic rings. The van der Waals surface area contributed by atoms with Gasteiger partial charge in [0, 0.05) is 12.1 Å². The van der Waals surface area contributed by atoms with Gasteiger partial charge in [-0.1, -0.05) is 78.1 Å². The molecule has 0 aromatic carbocycles. The topological polar surface area (TPSA) is 35.5 Å². The predicted octanol–water partition coefficient (Wildman–Crippen LogP) is 5.67. The molecule has 4 heteroatoms. The average Bonchev–Trinajstić information content (AvgIpc) is 2.54. The van der Waals surface area contributed by atoms with Crippen LogP contribution in [0, 0.1) is 0 Å². The number of carbonyl (C=O) groups is 1. The Morgan fingerprint density at radius 3 is 1.83 bits per heavy atom. The highest BCUT2D eigenvalue weighted by Crippen LogP contribution is 2.26. The first-order valence-electron chi connectivity index (χ1n) is 10.1. The van der Waals surface area contributed by atoms with Crippen molar-refractivity contribution < 1.29 is 14.2 Å². The molecular formula is C20H40BO3. The number of ketones is 1. The van der Waals surface area contributed by atoms with Crippen molar-refractivity contribution in [1.82, 2.24) is 0 Å². The third-order valence-electron chi connectivity index (χ3n) is 4.48. The molecule has 0 bridgehead atoms. The molecule has 3 nitrogen and oxygen atoms in total. The van der Waals surface area contributed by atoms with E-state index in [2.05, 4.69) is 20.8 Å². The Morgan fingerprint density at radius 2 is 1.38 bits per heavy atom. The maximum Gasteiger partial charge on any atom is 0.321 e. The Bertz CT molecular complexity index is 281. The van der Waals surface area contributed by atoms with E-state index in [4.69, 9.17) is 9.39 Å². The lowest BCUT2D eigenvalue weighted by Crippen LogP contribution is -2.32. The zero-order valence-corrected chi connectivity index (χ0v) is 16.7. The second-order valence-corrected chi connectivity index (χ2v) is 7.28. The molecule has 0 rings (SSSR count). The van der Waals surface area contributed by atoms with Crippen LogP contribution in [-0.4, -0.2) is 32.0 Å². The van der Waals surface area contributed by atoms with Crippen LogP contribution in [0.4, 0.5) is 0 Å². The van der Waals surface area contributed by atoms with Gasteiger partial charge in [-0.05, 0) is 26.7 Å². The van der Waals surface area contributed by atoms with E-state index >= 15 is 0 Å². The largest absolute Gasteiger partial charge is 0.433 e. The summed E-state index contributed by atoms with van der Waals surface area (Å²) in [6.07, 6.45) is 15.1. The molecule has 0 saturated heterocycles. The van der Waals surface area contributed by atoms with E-state index in [0.717, 1.165) is 12.8 Å². The summed E-state index contributed by atoms with van der Waals surface area (Å²) in [4.78, 5) is 10.9. The Kier molecular flexibility index (Phi) is 15.9. The Labute approximate surface area is 151 Å². The first-order chi connectivity index (χ1) is 11.5. The summed E-state index contributed by atoms with van der Waals surface area (Å²) in [5.41, 5.74) is -0.0853. The third kappa shape index (κ3) is 15.2. The minimum atomic E-state index is -0.0853. The first-order valence-corrected chi connectivity index (χ1v) is 10.1. The van der Waals surface area contributed by atoms with Crippen LogP contribution in [0.3, 0.4) is 0 Å². The number of ether oxygens (including phenoxy) is 1. The van der Waals surface area contributed by atoms with Crippen LogP contribution in [0.5, 0.6) is 0 Å². The van der Waals surface area contributed by atoms with E-state index in [9.17, 15) is 4.79 Å². The fraction of sp³-hybridized carbons (Fsp3) is 0.950. The van der Waals surface area contributed by atoms with E-state index < -0.39 is 0 Å². The summed E-state index contributed by atoms with van der Waals surface area (Å²) >= 11 is 0. The second kappa shape index (κ2) is 16.1. The molecule has 0 aliphatic heterocycles. The Balaban J connectivity index is 4.07. The molecule has 0 heterocycles. The maximum atomic E-state index is 10.9. The minimum absolute atomic E-state index is 0.0537. The van der Waals surface area contributed by atoms with Gasteiger partial charge in [0.25, 0.3) is 0 Å². The highest BCUT2D eigenvalue weighted by atomic mass is 16.5. The van der Waals surface area contributed by atoms with Gasteiger partial charge >= 0.3 is 7.48 Å². The highest BCUT2D eigenvalue weighted by molar-refractivity contribution is 6.27. The van der Waals surface area contributed by atoms with E-state index in [1.165, 1.54) is 71.1 Å². The molecule has 0 unspecified atom stereocenters. The fourth-order valence-electron chi connectivity index (χ4n) is 2.93. The number of Topliss-reactive ketones (excluding diaryl/α,β-unsaturated/α-hetero) is 1. The quantitative estimate of drug-likeness (QED) is 0.239. The number of hydrogen-bond acceptors (Lipinski definition) is 3. The van der Waals surface area contributed by atoms with Gasteiger partial charge in [-0.25, -0.2) is 0 Å². The molecule has 0 fully saturated rings. The van der Waals surface area contributed by atoms with Crippen molar-refractivity contribution >= 4 is 13.3 Å². The lowest BCUT2D eigenvalue weighted by Gasteiger charge is -2.31. The summed E-state index contributed by atoms with van der Waals surface area (Å²) in [7, 11) is 1.75. The van der Waals surface area contributed by atoms with Crippen molar-refractivity contribution in [3.05, 3.63) is 0 Å². The second-order valence-electron chi connectivity index (χ2n) is 7.28. The Morgan fingerprint density at radius 1 is 0.875 bits per heavy atom. The van der Waals surface area contributed by atoms with Crippen LogP contribution in [0.2, 0.25) is 0 Å². The van der Waals surface area contributed by atoms with Crippen molar-refractivity contribution in [1.29, 1.82) is 0 Å². The molecule has 0 aromatic heterocycles. The standard InChI is InChI=1S/C20H40BO3/c1-5-7-9-11-13-15-20(4,16-14-12-10-8-6-2)24-21-18-23-17-19(3)22/h5-18H2,1-4H3. The predicted molar refractivity (Wildman–Crippen MR) is 103 cm³/mol. The fourth-order valence-corrected chi connectivity index (χ4v) is 2.93. The molecule has 0 aromatic rings. The average molecular weight is 339 g/mol. The van der Waals surface area contributed by atoms with Crippen LogP contribution in [0.25, 0.3) is 0 Å². The van der Waals surface area contributed by atoms with Gasteiger partial charge in [0.05, 0.1) is 0 Å². The number of unbranched alkanes of at least 4 members (excludes halogenated alkanes) is 8. The maximum absolute atomic E-state index is 10.9. The van der Waals surface area contributed by atoms with Crippen LogP contribution < -0.4 is 0 Å². The smallest absolute Gasteiger partial charge is 0.321 e. The van der Waals surface area contributed by atoms with E-state index in [0.29, 0.717) is 6.51 Å². The highest BCUT2D eigenvalue weighted by Gasteiger charge is 2.23. The lowest BCUT2D eigenvalue weighted by molar-refractivity contribution is -0.120. The lowest BCUT2D eigenvalue weighted by atomic mass is 9.88. The van der Waals surface area contributed by atoms with Crippen molar-refractivity contribution in [2.75, 3.05) is 13.1 Å². The molecule has 1 radical (unpaired) electrons. The minimum Gasteiger partial charge on any atom is -0.433 e. The van der Waals surface area contributed by atoms with Gasteiger partial charge in [0.2, 0.25) is 0 Å². The zero-order chi connectivity index (χ0) is 18.1. The van der Waals surface area contributed by atoms with Gasteiger partial charge in [0.15, 0.2) is 5.78 Å². The Hall–Kier alpha value is -0.345. The molecule has 0 N–H and O–H groups in total. The van der Waals surface area contributed by atoms with Gasteiger partial charge in [0.1, 0.15) is 6.61 Å². The van der Waals surface area contributed by atoms with E-state index in [-0.39, 0.29) is 18.0 Å². The van der Waals surface area contributed by atoms with Crippen LogP contribution in [0.1, 0.15) is 105 Å². The first kappa shape index (κ1) is 23.7. The van der Waals surface area contributed by atoms with Crippen molar-refractivity contribution in [2.24, 2.45) is 0 Å². The van der Waals surface area contributed by atoms with Crippen LogP contribution in [-0.2, 0) is 14.2 Å². The molecule has 0 aliphatic carbocycles. The van der Waals surface area contributed by atoms with Crippen molar-refractivity contribution in [3.63, 3.8) is 0 Å². The van der Waals surface area contributed by atoms with Crippen molar-refractivity contribution in [2.45, 2.75) is 110 Å². The summed E-state index contributed by atoms with van der Waals surface area (Å²) in [5.74, 6) is 0.0537. The molecule has 0 saturated carbocycles. The zero-order valence-electron chi connectivity index (χ0n) is 16.7. The summed E-state index contributed by atoms with van der Waals surface area (Å²) in [5, 5.41) is 0. The van der Waals surface area contributed by atoms with E-state index in [1.54, 1.807) is 7.48 Å². The molecule has 0 amide bonds. The number of rotatable bonds is 18. The van der Waals surface area contributed by atoms with Crippen molar-refractivity contribution in [3.8, 4) is 0 Å². The van der Waals surface area contributed by atoms with Gasteiger partial charge in [-0.3, -0.25) is 4.79 Å². The molecule has 0 atom stereocenters.